The van der Waals surface area contributed by atoms with Gasteiger partial charge in [-0.15, -0.1) is 0 Å². The van der Waals surface area contributed by atoms with Crippen molar-refractivity contribution in [3.8, 4) is 5.82 Å². The first-order valence-corrected chi connectivity index (χ1v) is 16.1. The van der Waals surface area contributed by atoms with E-state index in [4.69, 9.17) is 0 Å². The summed E-state index contributed by atoms with van der Waals surface area (Å²) in [5, 5.41) is 5.07. The molecule has 4 aromatic carbocycles. The zero-order valence-electron chi connectivity index (χ0n) is 23.5. The first-order valence-electron chi connectivity index (χ1n) is 13.7. The molecule has 0 bridgehead atoms. The third kappa shape index (κ3) is 6.80. The Morgan fingerprint density at radius 1 is 0.545 bits per heavy atom. The third-order valence-electron chi connectivity index (χ3n) is 7.12. The van der Waals surface area contributed by atoms with E-state index in [0.29, 0.717) is 0 Å². The fourth-order valence-corrected chi connectivity index (χ4v) is 6.35. The van der Waals surface area contributed by atoms with Crippen LogP contribution in [0, 0.1) is 13.8 Å². The second-order valence-corrected chi connectivity index (χ2v) is 12.9. The summed E-state index contributed by atoms with van der Waals surface area (Å²) < 4.78 is 5.31. The molecular formula is C37H31Br3N4. The van der Waals surface area contributed by atoms with E-state index in [1.807, 2.05) is 37.4 Å². The molecule has 0 spiro atoms. The van der Waals surface area contributed by atoms with Crippen molar-refractivity contribution in [3.05, 3.63) is 146 Å². The van der Waals surface area contributed by atoms with Crippen LogP contribution in [0.2, 0.25) is 0 Å². The number of H-pyrrole nitrogens is 1. The molecule has 8 rings (SSSR count). The molecule has 0 saturated carbocycles. The Morgan fingerprint density at radius 2 is 1.14 bits per heavy atom. The number of nitrogens with zero attached hydrogens (tertiary/aromatic N) is 3. The smallest absolute Gasteiger partial charge is 0.137 e. The quantitative estimate of drug-likeness (QED) is 0.169. The number of aryl methyl sites for hydroxylation is 2. The van der Waals surface area contributed by atoms with Gasteiger partial charge in [0.1, 0.15) is 10.4 Å². The van der Waals surface area contributed by atoms with Crippen molar-refractivity contribution in [3.63, 3.8) is 0 Å². The summed E-state index contributed by atoms with van der Waals surface area (Å²) in [6.07, 6.45) is 3.64. The third-order valence-corrected chi connectivity index (χ3v) is 8.54. The summed E-state index contributed by atoms with van der Waals surface area (Å²) in [5.41, 5.74) is 7.17. The van der Waals surface area contributed by atoms with E-state index in [9.17, 15) is 0 Å². The normalized spacial score (nSPS) is 10.7. The monoisotopic (exact) mass is 768 g/mol. The van der Waals surface area contributed by atoms with E-state index < -0.39 is 0 Å². The summed E-state index contributed by atoms with van der Waals surface area (Å²) >= 11 is 10.3. The van der Waals surface area contributed by atoms with Crippen molar-refractivity contribution in [2.45, 2.75) is 21.3 Å². The molecule has 4 heterocycles. The molecule has 0 aliphatic heterocycles. The van der Waals surface area contributed by atoms with Crippen molar-refractivity contribution in [1.29, 1.82) is 0 Å². The Morgan fingerprint density at radius 3 is 1.84 bits per heavy atom. The minimum atomic E-state index is 0. The second kappa shape index (κ2) is 13.9. The molecule has 0 amide bonds. The number of pyridine rings is 2. The van der Waals surface area contributed by atoms with Crippen LogP contribution in [0.4, 0.5) is 0 Å². The number of rotatable bonds is 1. The fraction of sp³-hybridized carbons (Fsp3) is 0.0811. The number of hydrogen-bond donors (Lipinski definition) is 1. The largest absolute Gasteiger partial charge is 0.354 e. The van der Waals surface area contributed by atoms with E-state index in [1.165, 1.54) is 54.7 Å². The van der Waals surface area contributed by atoms with Gasteiger partial charge in [-0.3, -0.25) is 4.57 Å². The molecule has 220 valence electrons. The zero-order chi connectivity index (χ0) is 29.9. The van der Waals surface area contributed by atoms with Gasteiger partial charge in [0.05, 0.1) is 11.0 Å². The Bertz CT molecular complexity index is 2200. The number of hydrogen-bond acceptors (Lipinski definition) is 2. The molecular weight excluding hydrogens is 740 g/mol. The molecule has 4 aromatic heterocycles. The van der Waals surface area contributed by atoms with Crippen LogP contribution in [0.1, 0.15) is 18.6 Å². The fourth-order valence-electron chi connectivity index (χ4n) is 5.16. The van der Waals surface area contributed by atoms with E-state index in [0.717, 1.165) is 19.4 Å². The van der Waals surface area contributed by atoms with E-state index in [1.54, 1.807) is 6.20 Å². The molecule has 1 N–H and O–H groups in total. The molecule has 7 heteroatoms. The van der Waals surface area contributed by atoms with Crippen LogP contribution in [-0.2, 0) is 0 Å². The van der Waals surface area contributed by atoms with Gasteiger partial charge in [0.15, 0.2) is 0 Å². The van der Waals surface area contributed by atoms with Crippen molar-refractivity contribution in [2.24, 2.45) is 0 Å². The number of benzene rings is 4. The topological polar surface area (TPSA) is 46.5 Å². The molecule has 44 heavy (non-hydrogen) atoms. The molecule has 0 radical (unpaired) electrons. The zero-order valence-corrected chi connectivity index (χ0v) is 28.3. The van der Waals surface area contributed by atoms with Crippen LogP contribution < -0.4 is 0 Å². The Kier molecular flexibility index (Phi) is 9.99. The summed E-state index contributed by atoms with van der Waals surface area (Å²) in [4.78, 5) is 11.9. The lowest BCUT2D eigenvalue weighted by Gasteiger charge is -2.07. The lowest BCUT2D eigenvalue weighted by atomic mass is 10.2. The van der Waals surface area contributed by atoms with E-state index in [-0.39, 0.29) is 7.43 Å². The maximum atomic E-state index is 4.56. The van der Waals surface area contributed by atoms with Gasteiger partial charge in [-0.05, 0) is 102 Å². The molecule has 4 nitrogen and oxygen atoms in total. The first-order chi connectivity index (χ1) is 20.9. The minimum absolute atomic E-state index is 0. The van der Waals surface area contributed by atoms with Gasteiger partial charge in [-0.25, -0.2) is 9.97 Å². The number of fused-ring (bicyclic) bond motifs is 6. The van der Waals surface area contributed by atoms with Crippen molar-refractivity contribution in [2.75, 3.05) is 0 Å². The number of halogens is 3. The summed E-state index contributed by atoms with van der Waals surface area (Å²) in [6, 6.07) is 37.6. The average Bonchev–Trinajstić information content (AvgIpc) is 3.52. The number of aromatic nitrogens is 4. The van der Waals surface area contributed by atoms with Gasteiger partial charge in [-0.2, -0.15) is 0 Å². The van der Waals surface area contributed by atoms with Gasteiger partial charge in [0.25, 0.3) is 0 Å². The summed E-state index contributed by atoms with van der Waals surface area (Å²) in [5.74, 6) is 0.958. The molecule has 0 aliphatic carbocycles. The van der Waals surface area contributed by atoms with Crippen molar-refractivity contribution in [1.82, 2.24) is 19.5 Å². The molecule has 0 fully saturated rings. The Labute approximate surface area is 282 Å². The van der Waals surface area contributed by atoms with Gasteiger partial charge in [-0.1, -0.05) is 87.8 Å². The molecule has 0 unspecified atom stereocenters. The lowest BCUT2D eigenvalue weighted by Crippen LogP contribution is -1.97. The van der Waals surface area contributed by atoms with Crippen LogP contribution in [0.5, 0.6) is 0 Å². The Hall–Kier alpha value is -3.78. The Balaban J connectivity index is 0.000000144. The second-order valence-electron chi connectivity index (χ2n) is 10.2. The van der Waals surface area contributed by atoms with Crippen molar-refractivity contribution < 1.29 is 0 Å². The predicted molar refractivity (Wildman–Crippen MR) is 198 cm³/mol. The van der Waals surface area contributed by atoms with Crippen LogP contribution in [0.25, 0.3) is 49.4 Å². The van der Waals surface area contributed by atoms with Gasteiger partial charge >= 0.3 is 0 Å². The lowest BCUT2D eigenvalue weighted by molar-refractivity contribution is 1.07. The average molecular weight is 771 g/mol. The minimum Gasteiger partial charge on any atom is -0.354 e. The van der Waals surface area contributed by atoms with Gasteiger partial charge < -0.3 is 4.98 Å². The van der Waals surface area contributed by atoms with Crippen LogP contribution in [0.3, 0.4) is 0 Å². The van der Waals surface area contributed by atoms with Gasteiger partial charge in [0, 0.05) is 53.9 Å². The summed E-state index contributed by atoms with van der Waals surface area (Å²) in [6.45, 7) is 4.13. The predicted octanol–water partition coefficient (Wildman–Crippen LogP) is 12.1. The highest BCUT2D eigenvalue weighted by Gasteiger charge is 2.12. The number of aromatic amines is 1. The van der Waals surface area contributed by atoms with Gasteiger partial charge in [0.2, 0.25) is 0 Å². The summed E-state index contributed by atoms with van der Waals surface area (Å²) in [7, 11) is 0. The van der Waals surface area contributed by atoms with E-state index in [2.05, 4.69) is 159 Å². The first kappa shape index (κ1) is 31.6. The molecule has 0 saturated heterocycles. The highest BCUT2D eigenvalue weighted by molar-refractivity contribution is 9.11. The maximum Gasteiger partial charge on any atom is 0.137 e. The standard InChI is InChI=1S/C18H13BrN2.C12H8BrN.C6H6BrN.CH4/c1-12-8-9-20-18(10-12)21-16-5-3-2-4-14(16)15-7-6-13(19)11-17(15)21;13-8-5-6-10-9-3-1-2-4-11(9)14-12(10)7-8;1-5-2-3-8-6(7)4-5;/h2-11H,1H3;1-7,14H;2-4H,1H3;1H4. The van der Waals surface area contributed by atoms with Crippen molar-refractivity contribution >= 4 is 91.4 Å². The van der Waals surface area contributed by atoms with Crippen LogP contribution >= 0.6 is 47.8 Å². The highest BCUT2D eigenvalue weighted by atomic mass is 79.9. The SMILES string of the molecule is Brc1ccc2c(c1)[nH]c1ccccc12.C.Cc1ccnc(-n2c3ccccc3c3ccc(Br)cc32)c1.Cc1ccnc(Br)c1. The van der Waals surface area contributed by atoms with Crippen LogP contribution in [-0.4, -0.2) is 19.5 Å². The molecule has 8 aromatic rings. The van der Waals surface area contributed by atoms with E-state index >= 15 is 0 Å². The van der Waals surface area contributed by atoms with Crippen LogP contribution in [0.15, 0.2) is 135 Å². The number of nitrogens with one attached hydrogen (secondary N) is 1. The highest BCUT2D eigenvalue weighted by Crippen LogP contribution is 2.33. The number of para-hydroxylation sites is 2. The maximum absolute atomic E-state index is 4.56. The molecule has 0 aliphatic rings. The molecule has 0 atom stereocenters.